The molecule has 1 aromatic carbocycles. The van der Waals surface area contributed by atoms with Crippen LogP contribution in [-0.4, -0.2) is 43.4 Å². The molecule has 7 nitrogen and oxygen atoms in total. The van der Waals surface area contributed by atoms with Gasteiger partial charge in [-0.2, -0.15) is 4.31 Å². The van der Waals surface area contributed by atoms with Gasteiger partial charge in [0.25, 0.3) is 5.69 Å². The van der Waals surface area contributed by atoms with Gasteiger partial charge in [0, 0.05) is 25.2 Å². The minimum atomic E-state index is -3.42. The highest BCUT2D eigenvalue weighted by Crippen LogP contribution is 2.17. The molecule has 1 saturated heterocycles. The van der Waals surface area contributed by atoms with Crippen molar-refractivity contribution in [2.24, 2.45) is 0 Å². The first-order valence-corrected chi connectivity index (χ1v) is 7.82. The van der Waals surface area contributed by atoms with Gasteiger partial charge in [0.2, 0.25) is 10.0 Å². The van der Waals surface area contributed by atoms with Crippen LogP contribution in [0.1, 0.15) is 12.5 Å². The second-order valence-corrected chi connectivity index (χ2v) is 6.69. The quantitative estimate of drug-likeness (QED) is 0.614. The van der Waals surface area contributed by atoms with E-state index in [9.17, 15) is 18.5 Å². The predicted molar refractivity (Wildman–Crippen MR) is 72.7 cm³/mol. The smallest absolute Gasteiger partial charge is 0.269 e. The van der Waals surface area contributed by atoms with Crippen molar-refractivity contribution < 1.29 is 18.1 Å². The van der Waals surface area contributed by atoms with Crippen molar-refractivity contribution in [3.8, 4) is 0 Å². The van der Waals surface area contributed by atoms with E-state index in [0.717, 1.165) is 0 Å². The monoisotopic (exact) mass is 300 g/mol. The lowest BCUT2D eigenvalue weighted by Crippen LogP contribution is -2.44. The van der Waals surface area contributed by atoms with Gasteiger partial charge in [-0.3, -0.25) is 10.1 Å². The van der Waals surface area contributed by atoms with Crippen LogP contribution in [0, 0.1) is 10.1 Å². The van der Waals surface area contributed by atoms with Gasteiger partial charge in [0.1, 0.15) is 0 Å². The maximum atomic E-state index is 12.3. The molecule has 1 aromatic rings. The molecular weight excluding hydrogens is 284 g/mol. The van der Waals surface area contributed by atoms with Crippen LogP contribution in [0.15, 0.2) is 24.3 Å². The van der Waals surface area contributed by atoms with Crippen LogP contribution >= 0.6 is 0 Å². The van der Waals surface area contributed by atoms with Crippen LogP contribution in [-0.2, 0) is 20.5 Å². The van der Waals surface area contributed by atoms with Crippen molar-refractivity contribution in [2.45, 2.75) is 18.8 Å². The van der Waals surface area contributed by atoms with E-state index in [1.54, 1.807) is 0 Å². The lowest BCUT2D eigenvalue weighted by molar-refractivity contribution is -0.384. The largest absolute Gasteiger partial charge is 0.376 e. The Balaban J connectivity index is 2.09. The Bertz CT molecular complexity index is 584. The molecule has 0 N–H and O–H groups in total. The fraction of sp³-hybridized carbons (Fsp3) is 0.500. The molecule has 1 aliphatic heterocycles. The van der Waals surface area contributed by atoms with E-state index in [4.69, 9.17) is 4.74 Å². The van der Waals surface area contributed by atoms with Crippen LogP contribution in [0.5, 0.6) is 0 Å². The summed E-state index contributed by atoms with van der Waals surface area (Å²) in [6.45, 7) is 2.91. The molecule has 110 valence electrons. The summed E-state index contributed by atoms with van der Waals surface area (Å²) >= 11 is 0. The van der Waals surface area contributed by atoms with Gasteiger partial charge in [-0.25, -0.2) is 8.42 Å². The number of hydrogen-bond acceptors (Lipinski definition) is 5. The molecule has 0 radical (unpaired) electrons. The molecule has 1 heterocycles. The molecule has 0 saturated carbocycles. The fourth-order valence-corrected chi connectivity index (χ4v) is 3.64. The second-order valence-electron chi connectivity index (χ2n) is 4.72. The Labute approximate surface area is 117 Å². The zero-order valence-corrected chi connectivity index (χ0v) is 11.9. The lowest BCUT2D eigenvalue weighted by atomic mass is 10.2. The fourth-order valence-electron chi connectivity index (χ4n) is 2.05. The van der Waals surface area contributed by atoms with E-state index >= 15 is 0 Å². The zero-order valence-electron chi connectivity index (χ0n) is 11.1. The average molecular weight is 300 g/mol. The van der Waals surface area contributed by atoms with Gasteiger partial charge in [0.05, 0.1) is 23.4 Å². The summed E-state index contributed by atoms with van der Waals surface area (Å²) in [5, 5.41) is 10.5. The first kappa shape index (κ1) is 14.9. The highest BCUT2D eigenvalue weighted by Gasteiger charge is 2.27. The minimum absolute atomic E-state index is 0.0499. The molecule has 1 fully saturated rings. The van der Waals surface area contributed by atoms with Crippen LogP contribution in [0.3, 0.4) is 0 Å². The van der Waals surface area contributed by atoms with Crippen molar-refractivity contribution >= 4 is 15.7 Å². The highest BCUT2D eigenvalue weighted by atomic mass is 32.2. The number of nitro groups is 1. The predicted octanol–water partition coefficient (Wildman–Crippen LogP) is 1.15. The molecule has 20 heavy (non-hydrogen) atoms. The number of nitrogens with zero attached hydrogens (tertiary/aromatic N) is 2. The van der Waals surface area contributed by atoms with Crippen LogP contribution in [0.4, 0.5) is 5.69 Å². The summed E-state index contributed by atoms with van der Waals surface area (Å²) in [7, 11) is -3.42. The van der Waals surface area contributed by atoms with Crippen molar-refractivity contribution in [1.29, 1.82) is 0 Å². The number of non-ortho nitro benzene ring substituents is 1. The molecule has 0 bridgehead atoms. The number of morpholine rings is 1. The normalized spacial score (nSPS) is 20.8. The second kappa shape index (κ2) is 5.86. The molecule has 2 rings (SSSR count). The molecule has 1 aliphatic rings. The van der Waals surface area contributed by atoms with Gasteiger partial charge in [-0.05, 0) is 12.5 Å². The Morgan fingerprint density at radius 3 is 2.60 bits per heavy atom. The summed E-state index contributed by atoms with van der Waals surface area (Å²) in [5.41, 5.74) is 0.487. The number of rotatable bonds is 4. The van der Waals surface area contributed by atoms with Crippen molar-refractivity contribution in [3.63, 3.8) is 0 Å². The molecule has 0 aromatic heterocycles. The van der Waals surface area contributed by atoms with Crippen LogP contribution < -0.4 is 0 Å². The SMILES string of the molecule is C[C@@H]1CN(S(=O)(=O)Cc2ccc([N+](=O)[O-])cc2)CCO1. The standard InChI is InChI=1S/C12H16N2O5S/c1-10-8-13(6-7-19-10)20(17,18)9-11-2-4-12(5-3-11)14(15)16/h2-5,10H,6-9H2,1H3/t10-/m1/s1. The number of hydrogen-bond donors (Lipinski definition) is 0. The van der Waals surface area contributed by atoms with Gasteiger partial charge < -0.3 is 4.74 Å². The van der Waals surface area contributed by atoms with Gasteiger partial charge in [-0.15, -0.1) is 0 Å². The molecular formula is C12H16N2O5S. The van der Waals surface area contributed by atoms with E-state index < -0.39 is 14.9 Å². The van der Waals surface area contributed by atoms with Crippen LogP contribution in [0.25, 0.3) is 0 Å². The topological polar surface area (TPSA) is 89.8 Å². The van der Waals surface area contributed by atoms with E-state index in [1.165, 1.54) is 28.6 Å². The summed E-state index contributed by atoms with van der Waals surface area (Å²) in [6.07, 6.45) is -0.115. The van der Waals surface area contributed by atoms with Crippen molar-refractivity contribution in [1.82, 2.24) is 4.31 Å². The summed E-state index contributed by atoms with van der Waals surface area (Å²) < 4.78 is 31.2. The van der Waals surface area contributed by atoms with E-state index in [-0.39, 0.29) is 17.5 Å². The van der Waals surface area contributed by atoms with E-state index in [0.29, 0.717) is 25.3 Å². The first-order chi connectivity index (χ1) is 9.38. The van der Waals surface area contributed by atoms with Crippen molar-refractivity contribution in [3.05, 3.63) is 39.9 Å². The number of nitro benzene ring substituents is 1. The first-order valence-electron chi connectivity index (χ1n) is 6.21. The highest BCUT2D eigenvalue weighted by molar-refractivity contribution is 7.88. The zero-order chi connectivity index (χ0) is 14.8. The molecule has 0 spiro atoms. The molecule has 0 aliphatic carbocycles. The Kier molecular flexibility index (Phi) is 4.36. The molecule has 1 atom stereocenters. The van der Waals surface area contributed by atoms with Gasteiger partial charge >= 0.3 is 0 Å². The number of benzene rings is 1. The van der Waals surface area contributed by atoms with Crippen LogP contribution in [0.2, 0.25) is 0 Å². The summed E-state index contributed by atoms with van der Waals surface area (Å²) in [4.78, 5) is 10.0. The maximum Gasteiger partial charge on any atom is 0.269 e. The lowest BCUT2D eigenvalue weighted by Gasteiger charge is -2.30. The number of sulfonamides is 1. The minimum Gasteiger partial charge on any atom is -0.376 e. The average Bonchev–Trinajstić information content (AvgIpc) is 2.39. The third-order valence-electron chi connectivity index (χ3n) is 3.09. The summed E-state index contributed by atoms with van der Waals surface area (Å²) in [6, 6.07) is 5.57. The van der Waals surface area contributed by atoms with Gasteiger partial charge in [-0.1, -0.05) is 12.1 Å². The third kappa shape index (κ3) is 3.53. The van der Waals surface area contributed by atoms with E-state index in [2.05, 4.69) is 0 Å². The Morgan fingerprint density at radius 1 is 1.40 bits per heavy atom. The molecule has 0 amide bonds. The van der Waals surface area contributed by atoms with E-state index in [1.807, 2.05) is 6.92 Å². The van der Waals surface area contributed by atoms with Gasteiger partial charge in [0.15, 0.2) is 0 Å². The molecule has 0 unspecified atom stereocenters. The maximum absolute atomic E-state index is 12.3. The Hall–Kier alpha value is -1.51. The third-order valence-corrected chi connectivity index (χ3v) is 4.91. The molecule has 8 heteroatoms. The Morgan fingerprint density at radius 2 is 2.05 bits per heavy atom. The van der Waals surface area contributed by atoms with Crippen molar-refractivity contribution in [2.75, 3.05) is 19.7 Å². The summed E-state index contributed by atoms with van der Waals surface area (Å²) in [5.74, 6) is -0.155. The number of ether oxygens (including phenoxy) is 1.